The predicted octanol–water partition coefficient (Wildman–Crippen LogP) is 6.12. The number of hydrogen-bond acceptors (Lipinski definition) is 3. The number of allylic oxidation sites excluding steroid dienone is 2. The van der Waals surface area contributed by atoms with E-state index in [2.05, 4.69) is 59.5 Å². The van der Waals surface area contributed by atoms with Gasteiger partial charge in [-0.25, -0.2) is 0 Å². The van der Waals surface area contributed by atoms with Crippen molar-refractivity contribution in [2.75, 3.05) is 0 Å². The highest BCUT2D eigenvalue weighted by atomic mass is 28.4. The fraction of sp³-hybridized carbons (Fsp3) is 0.840. The van der Waals surface area contributed by atoms with Gasteiger partial charge in [-0.15, -0.1) is 0 Å². The lowest BCUT2D eigenvalue weighted by atomic mass is 9.42. The molecular formula is C25H39NO2Si. The van der Waals surface area contributed by atoms with Crippen LogP contribution in [-0.4, -0.2) is 20.2 Å². The first-order chi connectivity index (χ1) is 13.3. The van der Waals surface area contributed by atoms with Crippen LogP contribution in [0.4, 0.5) is 0 Å². The Morgan fingerprint density at radius 2 is 1.72 bits per heavy atom. The number of nitrogens with zero attached hydrogens (tertiary/aromatic N) is 1. The fourth-order valence-electron chi connectivity index (χ4n) is 8.27. The second kappa shape index (κ2) is 6.54. The Morgan fingerprint density at radius 3 is 2.34 bits per heavy atom. The van der Waals surface area contributed by atoms with Crippen molar-refractivity contribution in [1.82, 2.24) is 0 Å². The Bertz CT molecular complexity index is 788. The normalized spacial score (nSPS) is 46.2. The number of fused-ring (bicyclic) bond motifs is 5. The molecule has 4 heteroatoms. The lowest BCUT2D eigenvalue weighted by Crippen LogP contribution is -2.58. The van der Waals surface area contributed by atoms with Crippen LogP contribution in [0.15, 0.2) is 11.6 Å². The molecule has 5 unspecified atom stereocenters. The molecule has 4 aliphatic carbocycles. The second-order valence-electron chi connectivity index (χ2n) is 12.4. The van der Waals surface area contributed by atoms with E-state index in [1.54, 1.807) is 0 Å². The lowest BCUT2D eigenvalue weighted by molar-refractivity contribution is -0.143. The maximum Gasteiger partial charge on any atom is 0.184 e. The highest BCUT2D eigenvalue weighted by molar-refractivity contribution is 6.69. The molecular weight excluding hydrogens is 374 g/mol. The first kappa shape index (κ1) is 21.3. The molecule has 3 saturated carbocycles. The van der Waals surface area contributed by atoms with Crippen molar-refractivity contribution in [2.24, 2.45) is 39.9 Å². The lowest BCUT2D eigenvalue weighted by Gasteiger charge is -2.61. The summed E-state index contributed by atoms with van der Waals surface area (Å²) in [5, 5.41) is 9.68. The summed E-state index contributed by atoms with van der Waals surface area (Å²) in [7, 11) is -1.56. The maximum atomic E-state index is 12.9. The monoisotopic (exact) mass is 413 g/mol. The van der Waals surface area contributed by atoms with Gasteiger partial charge in [0.25, 0.3) is 0 Å². The number of ketones is 1. The Kier molecular flexibility index (Phi) is 4.80. The molecule has 7 atom stereocenters. The van der Waals surface area contributed by atoms with E-state index in [4.69, 9.17) is 4.43 Å². The zero-order chi connectivity index (χ0) is 21.4. The molecule has 0 aromatic heterocycles. The average molecular weight is 414 g/mol. The number of carbonyl (C=O) groups is 1. The summed E-state index contributed by atoms with van der Waals surface area (Å²) in [6, 6.07) is 2.25. The minimum absolute atomic E-state index is 0.0373. The quantitative estimate of drug-likeness (QED) is 0.512. The third kappa shape index (κ3) is 3.02. The number of Topliss-reactive ketones (excluding diaryl/α,β-unsaturated/α-hetero) is 1. The highest BCUT2D eigenvalue weighted by Gasteiger charge is 2.63. The van der Waals surface area contributed by atoms with E-state index in [9.17, 15) is 10.1 Å². The predicted molar refractivity (Wildman–Crippen MR) is 119 cm³/mol. The summed E-state index contributed by atoms with van der Waals surface area (Å²) < 4.78 is 6.70. The van der Waals surface area contributed by atoms with Crippen molar-refractivity contribution in [3.8, 4) is 6.07 Å². The Labute approximate surface area is 178 Å². The van der Waals surface area contributed by atoms with Gasteiger partial charge in [0.2, 0.25) is 0 Å². The Morgan fingerprint density at radius 1 is 1.03 bits per heavy atom. The van der Waals surface area contributed by atoms with Crippen LogP contribution in [0.25, 0.3) is 0 Å². The average Bonchev–Trinajstić information content (AvgIpc) is 2.93. The molecule has 3 fully saturated rings. The van der Waals surface area contributed by atoms with Crippen LogP contribution in [0.2, 0.25) is 19.6 Å². The zero-order valence-electron chi connectivity index (χ0n) is 19.5. The van der Waals surface area contributed by atoms with E-state index in [1.807, 2.05) is 0 Å². The van der Waals surface area contributed by atoms with E-state index in [1.165, 1.54) is 32.1 Å². The van der Waals surface area contributed by atoms with Crippen LogP contribution in [0.3, 0.4) is 0 Å². The first-order valence-electron chi connectivity index (χ1n) is 11.7. The van der Waals surface area contributed by atoms with Crippen molar-refractivity contribution in [2.45, 2.75) is 92.0 Å². The van der Waals surface area contributed by atoms with Gasteiger partial charge in [-0.1, -0.05) is 33.8 Å². The van der Waals surface area contributed by atoms with Crippen molar-refractivity contribution in [3.63, 3.8) is 0 Å². The standard InChI is InChI=1S/C25H39NO2Si/c1-23(2)20-10-8-17-18-9-11-21(28-29(5,6)7)24(18,3)13-12-19(17)25(20,4)14-16(15-26)22(23)27/h14,17-21H,8-13H2,1-7H3/t17?,18?,19?,20?,21?,24-,25+/m0/s1. The van der Waals surface area contributed by atoms with Gasteiger partial charge in [0, 0.05) is 5.41 Å². The molecule has 0 spiro atoms. The Balaban J connectivity index is 1.68. The summed E-state index contributed by atoms with van der Waals surface area (Å²) >= 11 is 0. The smallest absolute Gasteiger partial charge is 0.184 e. The molecule has 0 heterocycles. The van der Waals surface area contributed by atoms with Crippen LogP contribution in [0.5, 0.6) is 0 Å². The topological polar surface area (TPSA) is 50.1 Å². The number of carbonyl (C=O) groups excluding carboxylic acids is 1. The van der Waals surface area contributed by atoms with Crippen LogP contribution in [0.1, 0.15) is 66.2 Å². The van der Waals surface area contributed by atoms with E-state index in [-0.39, 0.29) is 11.2 Å². The van der Waals surface area contributed by atoms with Crippen molar-refractivity contribution < 1.29 is 9.22 Å². The van der Waals surface area contributed by atoms with Crippen LogP contribution >= 0.6 is 0 Å². The molecule has 160 valence electrons. The van der Waals surface area contributed by atoms with Crippen molar-refractivity contribution in [3.05, 3.63) is 11.6 Å². The maximum absolute atomic E-state index is 12.9. The second-order valence-corrected chi connectivity index (χ2v) is 16.9. The van der Waals surface area contributed by atoms with Crippen molar-refractivity contribution in [1.29, 1.82) is 5.26 Å². The molecule has 29 heavy (non-hydrogen) atoms. The number of nitriles is 1. The molecule has 0 aromatic carbocycles. The van der Waals surface area contributed by atoms with Gasteiger partial charge in [-0.3, -0.25) is 4.79 Å². The number of rotatable bonds is 2. The minimum Gasteiger partial charge on any atom is -0.414 e. The van der Waals surface area contributed by atoms with E-state index < -0.39 is 13.7 Å². The molecule has 0 bridgehead atoms. The molecule has 0 radical (unpaired) electrons. The summed E-state index contributed by atoms with van der Waals surface area (Å²) in [6.45, 7) is 16.0. The summed E-state index contributed by atoms with van der Waals surface area (Å²) in [5.74, 6) is 2.41. The van der Waals surface area contributed by atoms with E-state index in [0.29, 0.717) is 34.8 Å². The molecule has 0 N–H and O–H groups in total. The van der Waals surface area contributed by atoms with E-state index >= 15 is 0 Å². The summed E-state index contributed by atoms with van der Waals surface area (Å²) in [5.41, 5.74) is 0.241. The van der Waals surface area contributed by atoms with Crippen LogP contribution in [0, 0.1) is 51.2 Å². The molecule has 4 rings (SSSR count). The molecule has 0 amide bonds. The number of hydrogen-bond donors (Lipinski definition) is 0. The van der Waals surface area contributed by atoms with Gasteiger partial charge >= 0.3 is 0 Å². The summed E-state index contributed by atoms with van der Waals surface area (Å²) in [6.07, 6.45) is 9.78. The van der Waals surface area contributed by atoms with Gasteiger partial charge in [0.15, 0.2) is 14.1 Å². The van der Waals surface area contributed by atoms with Crippen LogP contribution < -0.4 is 0 Å². The molecule has 0 aliphatic heterocycles. The van der Waals surface area contributed by atoms with Gasteiger partial charge in [-0.2, -0.15) is 5.26 Å². The first-order valence-corrected chi connectivity index (χ1v) is 15.1. The van der Waals surface area contributed by atoms with Gasteiger partial charge < -0.3 is 4.43 Å². The SMILES string of the molecule is CC1(C)C(=O)C(C#N)=C[C@]2(C)C3CC[C@]4(C)C(O[Si](C)(C)C)CCC4C3CCC12. The third-order valence-corrected chi connectivity index (χ3v) is 10.5. The van der Waals surface area contributed by atoms with Gasteiger partial charge in [0.05, 0.1) is 11.7 Å². The van der Waals surface area contributed by atoms with E-state index in [0.717, 1.165) is 12.3 Å². The van der Waals surface area contributed by atoms with Gasteiger partial charge in [-0.05, 0) is 92.7 Å². The molecule has 0 aromatic rings. The zero-order valence-corrected chi connectivity index (χ0v) is 20.5. The fourth-order valence-corrected chi connectivity index (χ4v) is 9.51. The molecule has 0 saturated heterocycles. The largest absolute Gasteiger partial charge is 0.414 e. The minimum atomic E-state index is -1.56. The van der Waals surface area contributed by atoms with Crippen molar-refractivity contribution >= 4 is 14.1 Å². The molecule has 3 nitrogen and oxygen atoms in total. The van der Waals surface area contributed by atoms with Gasteiger partial charge in [0.1, 0.15) is 6.07 Å². The summed E-state index contributed by atoms with van der Waals surface area (Å²) in [4.78, 5) is 12.9. The Hall–Kier alpha value is -0.923. The third-order valence-electron chi connectivity index (χ3n) is 9.46. The highest BCUT2D eigenvalue weighted by Crippen LogP contribution is 2.67. The van der Waals surface area contributed by atoms with Crippen LogP contribution in [-0.2, 0) is 9.22 Å². The molecule has 4 aliphatic rings.